The molecule has 7 nitrogen and oxygen atoms in total. The van der Waals surface area contributed by atoms with Crippen molar-refractivity contribution in [3.63, 3.8) is 0 Å². The van der Waals surface area contributed by atoms with Gasteiger partial charge in [0, 0.05) is 23.4 Å². The van der Waals surface area contributed by atoms with Crippen LogP contribution < -0.4 is 16.4 Å². The molecule has 0 fully saturated rings. The van der Waals surface area contributed by atoms with Gasteiger partial charge in [0.15, 0.2) is 4.34 Å². The molecule has 0 bridgehead atoms. The van der Waals surface area contributed by atoms with E-state index in [1.807, 2.05) is 42.5 Å². The molecular weight excluding hydrogens is 468 g/mol. The lowest BCUT2D eigenvalue weighted by Gasteiger charge is -2.08. The van der Waals surface area contributed by atoms with E-state index in [2.05, 4.69) is 21.7 Å². The largest absolute Gasteiger partial charge is 0.368 e. The van der Waals surface area contributed by atoms with E-state index in [1.54, 1.807) is 47.4 Å². The number of amides is 3. The predicted molar refractivity (Wildman–Crippen MR) is 135 cm³/mol. The molecule has 0 unspecified atom stereocenters. The Morgan fingerprint density at radius 1 is 0.824 bits per heavy atom. The van der Waals surface area contributed by atoms with Gasteiger partial charge in [0.25, 0.3) is 11.8 Å². The molecule has 172 valence electrons. The molecular formula is C25H22N4O3S2. The quantitative estimate of drug-likeness (QED) is 0.309. The summed E-state index contributed by atoms with van der Waals surface area (Å²) in [7, 11) is 0. The van der Waals surface area contributed by atoms with Crippen molar-refractivity contribution in [3.05, 3.63) is 95.1 Å². The number of para-hydroxylation sites is 1. The Balaban J connectivity index is 1.26. The third kappa shape index (κ3) is 6.21. The molecule has 3 aromatic carbocycles. The highest BCUT2D eigenvalue weighted by molar-refractivity contribution is 8.00. The molecule has 1 heterocycles. The van der Waals surface area contributed by atoms with Gasteiger partial charge in [-0.2, -0.15) is 0 Å². The number of hydrogen-bond acceptors (Lipinski definition) is 6. The molecule has 34 heavy (non-hydrogen) atoms. The Morgan fingerprint density at radius 3 is 2.09 bits per heavy atom. The highest BCUT2D eigenvalue weighted by Crippen LogP contribution is 2.31. The normalized spacial score (nSPS) is 10.7. The SMILES string of the molecule is NC(=O)CNC(=O)c1ccc(CNC(=O)c2ccc(CSc3nc4ccccc4s3)cc2)cc1. The number of primary amides is 1. The second-order valence-corrected chi connectivity index (χ2v) is 9.71. The molecule has 4 N–H and O–H groups in total. The number of nitrogens with two attached hydrogens (primary N) is 1. The molecule has 9 heteroatoms. The van der Waals surface area contributed by atoms with Gasteiger partial charge in [0.1, 0.15) is 0 Å². The standard InChI is InChI=1S/C25H22N4O3S2/c26-22(30)14-28-24(32)18-9-5-16(6-10-18)13-27-23(31)19-11-7-17(8-12-19)15-33-25-29-20-3-1-2-4-21(20)34-25/h1-12H,13-15H2,(H2,26,30)(H,27,31)(H,28,32). The average Bonchev–Trinajstić information content (AvgIpc) is 3.28. The number of carbonyl (C=O) groups excluding carboxylic acids is 3. The first-order valence-corrected chi connectivity index (χ1v) is 12.3. The number of aromatic nitrogens is 1. The van der Waals surface area contributed by atoms with E-state index >= 15 is 0 Å². The number of hydrogen-bond donors (Lipinski definition) is 3. The molecule has 4 aromatic rings. The van der Waals surface area contributed by atoms with E-state index in [1.165, 1.54) is 4.70 Å². The summed E-state index contributed by atoms with van der Waals surface area (Å²) in [5.74, 6) is -0.377. The fourth-order valence-corrected chi connectivity index (χ4v) is 5.16. The fraction of sp³-hybridized carbons (Fsp3) is 0.120. The van der Waals surface area contributed by atoms with Crippen molar-refractivity contribution in [2.75, 3.05) is 6.54 Å². The van der Waals surface area contributed by atoms with Crippen molar-refractivity contribution in [3.8, 4) is 0 Å². The smallest absolute Gasteiger partial charge is 0.251 e. The first kappa shape index (κ1) is 23.5. The Kier molecular flexibility index (Phi) is 7.56. The second kappa shape index (κ2) is 11.0. The summed E-state index contributed by atoms with van der Waals surface area (Å²) in [6, 6.07) is 22.4. The Bertz CT molecular complexity index is 1290. The molecule has 0 saturated heterocycles. The maximum atomic E-state index is 12.5. The number of fused-ring (bicyclic) bond motifs is 1. The van der Waals surface area contributed by atoms with E-state index in [4.69, 9.17) is 5.73 Å². The molecule has 0 atom stereocenters. The van der Waals surface area contributed by atoms with Gasteiger partial charge in [0.05, 0.1) is 16.8 Å². The van der Waals surface area contributed by atoms with Crippen LogP contribution in [0.1, 0.15) is 31.8 Å². The summed E-state index contributed by atoms with van der Waals surface area (Å²) in [5.41, 5.74) is 9.00. The van der Waals surface area contributed by atoms with Crippen molar-refractivity contribution >= 4 is 51.0 Å². The van der Waals surface area contributed by atoms with Crippen molar-refractivity contribution in [2.45, 2.75) is 16.6 Å². The van der Waals surface area contributed by atoms with E-state index in [9.17, 15) is 14.4 Å². The van der Waals surface area contributed by atoms with Crippen LogP contribution in [0.2, 0.25) is 0 Å². The van der Waals surface area contributed by atoms with E-state index in [0.29, 0.717) is 17.7 Å². The summed E-state index contributed by atoms with van der Waals surface area (Å²) in [5, 5.41) is 5.31. The van der Waals surface area contributed by atoms with Crippen LogP contribution in [0.4, 0.5) is 0 Å². The molecule has 4 rings (SSSR count). The van der Waals surface area contributed by atoms with Crippen molar-refractivity contribution in [1.29, 1.82) is 0 Å². The second-order valence-electron chi connectivity index (χ2n) is 7.46. The molecule has 0 radical (unpaired) electrons. The van der Waals surface area contributed by atoms with Crippen LogP contribution in [0, 0.1) is 0 Å². The number of carbonyl (C=O) groups is 3. The summed E-state index contributed by atoms with van der Waals surface area (Å²) < 4.78 is 2.21. The summed E-state index contributed by atoms with van der Waals surface area (Å²) >= 11 is 3.37. The van der Waals surface area contributed by atoms with Crippen molar-refractivity contribution in [1.82, 2.24) is 15.6 Å². The van der Waals surface area contributed by atoms with Crippen LogP contribution in [0.25, 0.3) is 10.2 Å². The Morgan fingerprint density at radius 2 is 1.44 bits per heavy atom. The lowest BCUT2D eigenvalue weighted by Crippen LogP contribution is -2.33. The van der Waals surface area contributed by atoms with Gasteiger partial charge in [-0.1, -0.05) is 48.2 Å². The van der Waals surface area contributed by atoms with Gasteiger partial charge < -0.3 is 16.4 Å². The van der Waals surface area contributed by atoms with Crippen LogP contribution in [0.3, 0.4) is 0 Å². The first-order valence-electron chi connectivity index (χ1n) is 10.5. The van der Waals surface area contributed by atoms with Crippen LogP contribution in [-0.2, 0) is 17.1 Å². The summed E-state index contributed by atoms with van der Waals surface area (Å²) in [6.07, 6.45) is 0. The minimum Gasteiger partial charge on any atom is -0.368 e. The van der Waals surface area contributed by atoms with Gasteiger partial charge in [0.2, 0.25) is 5.91 Å². The Hall–Kier alpha value is -3.69. The zero-order valence-corrected chi connectivity index (χ0v) is 19.7. The van der Waals surface area contributed by atoms with Crippen LogP contribution in [0.15, 0.2) is 77.1 Å². The third-order valence-corrected chi connectivity index (χ3v) is 7.20. The van der Waals surface area contributed by atoms with E-state index in [-0.39, 0.29) is 18.4 Å². The van der Waals surface area contributed by atoms with Gasteiger partial charge in [-0.15, -0.1) is 11.3 Å². The summed E-state index contributed by atoms with van der Waals surface area (Å²) in [6.45, 7) is 0.118. The van der Waals surface area contributed by atoms with Crippen LogP contribution >= 0.6 is 23.1 Å². The predicted octanol–water partition coefficient (Wildman–Crippen LogP) is 3.73. The van der Waals surface area contributed by atoms with Crippen molar-refractivity contribution < 1.29 is 14.4 Å². The number of thiazole rings is 1. The monoisotopic (exact) mass is 490 g/mol. The first-order chi connectivity index (χ1) is 16.5. The van der Waals surface area contributed by atoms with Gasteiger partial charge >= 0.3 is 0 Å². The topological polar surface area (TPSA) is 114 Å². The Labute approximate surface area is 204 Å². The number of nitrogens with zero attached hydrogens (tertiary/aromatic N) is 1. The van der Waals surface area contributed by atoms with E-state index in [0.717, 1.165) is 26.7 Å². The molecule has 0 aliphatic rings. The number of nitrogens with one attached hydrogen (secondary N) is 2. The maximum Gasteiger partial charge on any atom is 0.251 e. The van der Waals surface area contributed by atoms with Crippen LogP contribution in [0.5, 0.6) is 0 Å². The van der Waals surface area contributed by atoms with Gasteiger partial charge in [-0.3, -0.25) is 14.4 Å². The lowest BCUT2D eigenvalue weighted by molar-refractivity contribution is -0.117. The van der Waals surface area contributed by atoms with Gasteiger partial charge in [-0.25, -0.2) is 4.98 Å². The fourth-order valence-electron chi connectivity index (χ4n) is 3.14. The number of benzene rings is 3. The minimum absolute atomic E-state index is 0.173. The highest BCUT2D eigenvalue weighted by Gasteiger charge is 2.09. The third-order valence-electron chi connectivity index (χ3n) is 4.95. The maximum absolute atomic E-state index is 12.5. The zero-order valence-electron chi connectivity index (χ0n) is 18.1. The molecule has 0 spiro atoms. The lowest BCUT2D eigenvalue weighted by atomic mass is 10.1. The van der Waals surface area contributed by atoms with Crippen LogP contribution in [-0.4, -0.2) is 29.3 Å². The summed E-state index contributed by atoms with van der Waals surface area (Å²) in [4.78, 5) is 39.8. The minimum atomic E-state index is -0.604. The number of rotatable bonds is 9. The average molecular weight is 491 g/mol. The van der Waals surface area contributed by atoms with Crippen molar-refractivity contribution in [2.24, 2.45) is 5.73 Å². The molecule has 3 amide bonds. The molecule has 0 aliphatic heterocycles. The molecule has 0 saturated carbocycles. The highest BCUT2D eigenvalue weighted by atomic mass is 32.2. The molecule has 0 aliphatic carbocycles. The van der Waals surface area contributed by atoms with E-state index < -0.39 is 5.91 Å². The van der Waals surface area contributed by atoms with Gasteiger partial charge in [-0.05, 0) is 47.5 Å². The number of thioether (sulfide) groups is 1. The zero-order chi connectivity index (χ0) is 23.9. The molecule has 1 aromatic heterocycles.